The van der Waals surface area contributed by atoms with Crippen LogP contribution in [0.5, 0.6) is 0 Å². The molecule has 1 aromatic carbocycles. The third kappa shape index (κ3) is 3.59. The van der Waals surface area contributed by atoms with Crippen LogP contribution in [-0.2, 0) is 5.41 Å². The fourth-order valence-corrected chi connectivity index (χ4v) is 2.76. The molecule has 1 amide bonds. The second kappa shape index (κ2) is 5.66. The average Bonchev–Trinajstić information content (AvgIpc) is 2.38. The number of hydrogen-bond acceptors (Lipinski definition) is 1. The van der Waals surface area contributed by atoms with Crippen LogP contribution in [0.4, 0.5) is 0 Å². The van der Waals surface area contributed by atoms with E-state index in [-0.39, 0.29) is 11.3 Å². The van der Waals surface area contributed by atoms with Crippen LogP contribution in [0.1, 0.15) is 49.5 Å². The number of carbonyl (C=O) groups is 1. The summed E-state index contributed by atoms with van der Waals surface area (Å²) in [6, 6.07) is 8.07. The van der Waals surface area contributed by atoms with Gasteiger partial charge in [-0.3, -0.25) is 4.79 Å². The molecular weight excluding hydrogens is 302 g/mol. The highest BCUT2D eigenvalue weighted by Crippen LogP contribution is 2.23. The first kappa shape index (κ1) is 14.6. The zero-order chi connectivity index (χ0) is 14.0. The van der Waals surface area contributed by atoms with Gasteiger partial charge in [0, 0.05) is 23.5 Å². The van der Waals surface area contributed by atoms with Crippen LogP contribution in [0.3, 0.4) is 0 Å². The molecule has 0 spiro atoms. The molecule has 0 N–H and O–H groups in total. The molecule has 1 fully saturated rings. The first-order valence-corrected chi connectivity index (χ1v) is 7.83. The van der Waals surface area contributed by atoms with Crippen LogP contribution in [0, 0.1) is 0 Å². The van der Waals surface area contributed by atoms with Crippen LogP contribution >= 0.6 is 15.9 Å². The van der Waals surface area contributed by atoms with Gasteiger partial charge >= 0.3 is 0 Å². The molecular formula is C16H22BrNO. The highest BCUT2D eigenvalue weighted by Gasteiger charge is 2.22. The van der Waals surface area contributed by atoms with Crippen molar-refractivity contribution in [1.29, 1.82) is 0 Å². The minimum atomic E-state index is 0.135. The predicted molar refractivity (Wildman–Crippen MR) is 83.0 cm³/mol. The van der Waals surface area contributed by atoms with Crippen molar-refractivity contribution < 1.29 is 4.79 Å². The van der Waals surface area contributed by atoms with E-state index in [0.717, 1.165) is 31.5 Å². The van der Waals surface area contributed by atoms with Crippen molar-refractivity contribution in [3.63, 3.8) is 0 Å². The van der Waals surface area contributed by atoms with Gasteiger partial charge in [-0.25, -0.2) is 0 Å². The Hall–Kier alpha value is -0.830. The molecule has 1 aromatic rings. The van der Waals surface area contributed by atoms with E-state index < -0.39 is 0 Å². The van der Waals surface area contributed by atoms with Gasteiger partial charge in [0.05, 0.1) is 0 Å². The third-order valence-electron chi connectivity index (χ3n) is 3.71. The molecule has 0 radical (unpaired) electrons. The molecule has 2 rings (SSSR count). The largest absolute Gasteiger partial charge is 0.339 e. The summed E-state index contributed by atoms with van der Waals surface area (Å²) in [4.78, 5) is 14.9. The second-order valence-corrected chi connectivity index (χ2v) is 7.59. The molecule has 0 aliphatic carbocycles. The van der Waals surface area contributed by atoms with Crippen molar-refractivity contribution in [2.24, 2.45) is 0 Å². The Morgan fingerprint density at radius 2 is 1.68 bits per heavy atom. The number of likely N-dealkylation sites (tertiary alicyclic amines) is 1. The lowest BCUT2D eigenvalue weighted by atomic mass is 9.86. The summed E-state index contributed by atoms with van der Waals surface area (Å²) in [5.74, 6) is 0.167. The smallest absolute Gasteiger partial charge is 0.253 e. The number of nitrogens with zero attached hydrogens (tertiary/aromatic N) is 1. The summed E-state index contributed by atoms with van der Waals surface area (Å²) in [7, 11) is 0. The van der Waals surface area contributed by atoms with E-state index in [1.54, 1.807) is 0 Å². The van der Waals surface area contributed by atoms with Crippen LogP contribution in [-0.4, -0.2) is 28.7 Å². The normalized spacial score (nSPS) is 17.6. The van der Waals surface area contributed by atoms with E-state index in [0.29, 0.717) is 4.83 Å². The lowest BCUT2D eigenvalue weighted by Gasteiger charge is -2.29. The Morgan fingerprint density at radius 1 is 1.16 bits per heavy atom. The molecule has 19 heavy (non-hydrogen) atoms. The minimum Gasteiger partial charge on any atom is -0.339 e. The number of piperidine rings is 1. The van der Waals surface area contributed by atoms with Crippen molar-refractivity contribution in [3.8, 4) is 0 Å². The van der Waals surface area contributed by atoms with E-state index in [9.17, 15) is 4.79 Å². The Balaban J connectivity index is 2.08. The van der Waals surface area contributed by atoms with E-state index in [1.165, 1.54) is 5.56 Å². The first-order chi connectivity index (χ1) is 8.88. The van der Waals surface area contributed by atoms with Gasteiger partial charge in [0.1, 0.15) is 0 Å². The topological polar surface area (TPSA) is 20.3 Å². The molecule has 0 bridgehead atoms. The lowest BCUT2D eigenvalue weighted by molar-refractivity contribution is 0.0728. The Labute approximate surface area is 124 Å². The van der Waals surface area contributed by atoms with Gasteiger partial charge in [0.25, 0.3) is 5.91 Å². The lowest BCUT2D eigenvalue weighted by Crippen LogP contribution is -2.38. The van der Waals surface area contributed by atoms with Gasteiger partial charge < -0.3 is 4.90 Å². The zero-order valence-corrected chi connectivity index (χ0v) is 13.5. The van der Waals surface area contributed by atoms with Crippen LogP contribution in [0.2, 0.25) is 0 Å². The maximum atomic E-state index is 12.4. The molecule has 2 nitrogen and oxygen atoms in total. The molecule has 0 aromatic heterocycles. The van der Waals surface area contributed by atoms with Crippen molar-refractivity contribution >= 4 is 21.8 Å². The molecule has 1 aliphatic heterocycles. The number of benzene rings is 1. The Kier molecular flexibility index (Phi) is 4.34. The maximum absolute atomic E-state index is 12.4. The highest BCUT2D eigenvalue weighted by atomic mass is 79.9. The molecule has 0 unspecified atom stereocenters. The number of amides is 1. The number of rotatable bonds is 1. The van der Waals surface area contributed by atoms with Gasteiger partial charge in [-0.1, -0.05) is 48.8 Å². The van der Waals surface area contributed by atoms with Gasteiger partial charge in [-0.05, 0) is 36.0 Å². The molecule has 0 saturated carbocycles. The van der Waals surface area contributed by atoms with Gasteiger partial charge in [-0.15, -0.1) is 0 Å². The maximum Gasteiger partial charge on any atom is 0.253 e. The summed E-state index contributed by atoms with van der Waals surface area (Å²) in [6.45, 7) is 8.27. The van der Waals surface area contributed by atoms with E-state index in [2.05, 4.69) is 48.8 Å². The predicted octanol–water partition coefficient (Wildman–Crippen LogP) is 3.98. The Bertz CT molecular complexity index is 439. The molecule has 104 valence electrons. The van der Waals surface area contributed by atoms with Crippen molar-refractivity contribution in [2.45, 2.75) is 43.9 Å². The van der Waals surface area contributed by atoms with Crippen molar-refractivity contribution in [3.05, 3.63) is 35.4 Å². The summed E-state index contributed by atoms with van der Waals surface area (Å²) < 4.78 is 0. The van der Waals surface area contributed by atoms with E-state index >= 15 is 0 Å². The van der Waals surface area contributed by atoms with Crippen molar-refractivity contribution in [1.82, 2.24) is 4.90 Å². The fraction of sp³-hybridized carbons (Fsp3) is 0.562. The number of carbonyl (C=O) groups excluding carboxylic acids is 1. The fourth-order valence-electron chi connectivity index (χ4n) is 2.35. The quantitative estimate of drug-likeness (QED) is 0.716. The Morgan fingerprint density at radius 3 is 2.16 bits per heavy atom. The molecule has 1 saturated heterocycles. The first-order valence-electron chi connectivity index (χ1n) is 6.92. The van der Waals surface area contributed by atoms with E-state index in [1.807, 2.05) is 17.0 Å². The zero-order valence-electron chi connectivity index (χ0n) is 11.9. The van der Waals surface area contributed by atoms with E-state index in [4.69, 9.17) is 0 Å². The average molecular weight is 324 g/mol. The summed E-state index contributed by atoms with van der Waals surface area (Å²) in [5.41, 5.74) is 2.21. The summed E-state index contributed by atoms with van der Waals surface area (Å²) >= 11 is 3.61. The number of hydrogen-bond donors (Lipinski definition) is 0. The van der Waals surface area contributed by atoms with Gasteiger partial charge in [0.2, 0.25) is 0 Å². The van der Waals surface area contributed by atoms with Crippen LogP contribution in [0.15, 0.2) is 24.3 Å². The van der Waals surface area contributed by atoms with Gasteiger partial charge in [0.15, 0.2) is 0 Å². The highest BCUT2D eigenvalue weighted by molar-refractivity contribution is 9.09. The summed E-state index contributed by atoms with van der Waals surface area (Å²) in [5, 5.41) is 0. The van der Waals surface area contributed by atoms with Crippen LogP contribution in [0.25, 0.3) is 0 Å². The standard InChI is InChI=1S/C16H22BrNO/c1-16(2,3)13-6-4-12(5-7-13)15(19)18-10-8-14(17)9-11-18/h4-7,14H,8-11H2,1-3H3. The minimum absolute atomic E-state index is 0.135. The number of halogens is 1. The molecule has 3 heteroatoms. The molecule has 0 atom stereocenters. The van der Waals surface area contributed by atoms with Gasteiger partial charge in [-0.2, -0.15) is 0 Å². The second-order valence-electron chi connectivity index (χ2n) is 6.29. The van der Waals surface area contributed by atoms with Crippen LogP contribution < -0.4 is 0 Å². The van der Waals surface area contributed by atoms with Crippen molar-refractivity contribution in [2.75, 3.05) is 13.1 Å². The SMILES string of the molecule is CC(C)(C)c1ccc(C(=O)N2CCC(Br)CC2)cc1. The number of alkyl halides is 1. The monoisotopic (exact) mass is 323 g/mol. The molecule has 1 heterocycles. The third-order valence-corrected chi connectivity index (χ3v) is 4.63. The molecule has 1 aliphatic rings. The summed E-state index contributed by atoms with van der Waals surface area (Å²) in [6.07, 6.45) is 2.09.